The molecule has 0 atom stereocenters. The van der Waals surface area contributed by atoms with Crippen LogP contribution in [-0.2, 0) is 6.42 Å². The number of hydrazone groups is 1. The van der Waals surface area contributed by atoms with Crippen LogP contribution in [0, 0.1) is 6.92 Å². The number of hydrogen-bond donors (Lipinski definition) is 2. The number of ether oxygens (including phenoxy) is 2. The molecule has 0 radical (unpaired) electrons. The molecule has 0 spiro atoms. The molecule has 9 heteroatoms. The first-order chi connectivity index (χ1) is 16.1. The van der Waals surface area contributed by atoms with Crippen LogP contribution in [0.3, 0.4) is 0 Å². The highest BCUT2D eigenvalue weighted by atomic mass is 16.6. The molecule has 1 aliphatic carbocycles. The molecular formula is C24H22N4O5. The Morgan fingerprint density at radius 1 is 1.03 bits per heavy atom. The van der Waals surface area contributed by atoms with Crippen molar-refractivity contribution >= 4 is 23.2 Å². The topological polar surface area (TPSA) is 115 Å². The van der Waals surface area contributed by atoms with E-state index in [4.69, 9.17) is 13.9 Å². The number of nitrogens with one attached hydrogen (secondary N) is 2. The maximum Gasteiger partial charge on any atom is 0.291 e. The molecule has 3 aromatic rings. The molecule has 0 bridgehead atoms. The molecule has 0 saturated heterocycles. The zero-order chi connectivity index (χ0) is 22.8. The molecule has 9 nitrogen and oxygen atoms in total. The number of aryl methyl sites for hydroxylation is 1. The molecular weight excluding hydrogens is 424 g/mol. The van der Waals surface area contributed by atoms with E-state index < -0.39 is 5.91 Å². The number of anilines is 1. The van der Waals surface area contributed by atoms with Crippen LogP contribution in [0.4, 0.5) is 5.69 Å². The molecule has 5 rings (SSSR count). The highest BCUT2D eigenvalue weighted by Crippen LogP contribution is 2.34. The first kappa shape index (κ1) is 20.7. The third kappa shape index (κ3) is 4.17. The zero-order valence-electron chi connectivity index (χ0n) is 18.0. The van der Waals surface area contributed by atoms with Crippen molar-refractivity contribution in [2.24, 2.45) is 5.10 Å². The molecule has 0 unspecified atom stereocenters. The summed E-state index contributed by atoms with van der Waals surface area (Å²) < 4.78 is 17.0. The minimum atomic E-state index is -0.395. The monoisotopic (exact) mass is 446 g/mol. The molecule has 2 aromatic heterocycles. The Hall–Kier alpha value is -4.14. The lowest BCUT2D eigenvalue weighted by atomic mass is 9.93. The summed E-state index contributed by atoms with van der Waals surface area (Å²) in [7, 11) is 0. The van der Waals surface area contributed by atoms with E-state index in [9.17, 15) is 9.59 Å². The van der Waals surface area contributed by atoms with Crippen LogP contribution in [0.25, 0.3) is 0 Å². The maximum absolute atomic E-state index is 13.0. The predicted octanol–water partition coefficient (Wildman–Crippen LogP) is 3.48. The van der Waals surface area contributed by atoms with Gasteiger partial charge in [0.1, 0.15) is 24.7 Å². The van der Waals surface area contributed by atoms with E-state index in [0.29, 0.717) is 60.3 Å². The van der Waals surface area contributed by atoms with Crippen LogP contribution in [0.15, 0.2) is 52.1 Å². The van der Waals surface area contributed by atoms with Crippen molar-refractivity contribution < 1.29 is 23.5 Å². The fourth-order valence-electron chi connectivity index (χ4n) is 3.98. The summed E-state index contributed by atoms with van der Waals surface area (Å²) in [6, 6.07) is 10.3. The predicted molar refractivity (Wildman–Crippen MR) is 120 cm³/mol. The van der Waals surface area contributed by atoms with Crippen LogP contribution in [0.2, 0.25) is 0 Å². The van der Waals surface area contributed by atoms with Gasteiger partial charge in [-0.2, -0.15) is 5.10 Å². The van der Waals surface area contributed by atoms with Gasteiger partial charge in [0, 0.05) is 35.5 Å². The fraction of sp³-hybridized carbons (Fsp3) is 0.250. The number of carbonyl (C=O) groups excluding carboxylic acids is 2. The standard InChI is InChI=1S/C24H22N4O5/c1-14-21-16(27-28-23(29)17-5-2-3-10-25-17)6-4-7-19(21)33-22(14)24(30)26-15-8-9-18-20(13-15)32-12-11-31-18/h2-3,5,8-10,13H,4,6-7,11-12H2,1H3,(H,26,30)(H,28,29)/b27-16+. The Morgan fingerprint density at radius 3 is 2.70 bits per heavy atom. The number of furan rings is 1. The Labute approximate surface area is 189 Å². The summed E-state index contributed by atoms with van der Waals surface area (Å²) >= 11 is 0. The van der Waals surface area contributed by atoms with Crippen LogP contribution < -0.4 is 20.2 Å². The lowest BCUT2D eigenvalue weighted by Gasteiger charge is -2.18. The number of carbonyl (C=O) groups is 2. The van der Waals surface area contributed by atoms with E-state index in [0.717, 1.165) is 12.0 Å². The lowest BCUT2D eigenvalue weighted by Crippen LogP contribution is -2.22. The van der Waals surface area contributed by atoms with Crippen molar-refractivity contribution in [3.63, 3.8) is 0 Å². The largest absolute Gasteiger partial charge is 0.486 e. The van der Waals surface area contributed by atoms with E-state index in [2.05, 4.69) is 20.8 Å². The van der Waals surface area contributed by atoms with Crippen LogP contribution >= 0.6 is 0 Å². The number of hydrogen-bond acceptors (Lipinski definition) is 7. The van der Waals surface area contributed by atoms with Crippen molar-refractivity contribution in [2.45, 2.75) is 26.2 Å². The number of fused-ring (bicyclic) bond motifs is 2. The minimum Gasteiger partial charge on any atom is -0.486 e. The molecule has 3 heterocycles. The second-order valence-corrected chi connectivity index (χ2v) is 7.73. The van der Waals surface area contributed by atoms with Gasteiger partial charge in [0.15, 0.2) is 17.3 Å². The maximum atomic E-state index is 13.0. The van der Waals surface area contributed by atoms with Gasteiger partial charge in [-0.05, 0) is 44.0 Å². The second kappa shape index (κ2) is 8.78. The van der Waals surface area contributed by atoms with Crippen molar-refractivity contribution in [1.82, 2.24) is 10.4 Å². The molecule has 0 fully saturated rings. The highest BCUT2D eigenvalue weighted by molar-refractivity contribution is 6.09. The van der Waals surface area contributed by atoms with E-state index in [1.54, 1.807) is 42.6 Å². The van der Waals surface area contributed by atoms with Crippen molar-refractivity contribution in [1.29, 1.82) is 0 Å². The van der Waals surface area contributed by atoms with Crippen molar-refractivity contribution in [3.05, 3.63) is 70.9 Å². The lowest BCUT2D eigenvalue weighted by molar-refractivity contribution is 0.0948. The van der Waals surface area contributed by atoms with E-state index in [-0.39, 0.29) is 17.4 Å². The number of pyridine rings is 1. The van der Waals surface area contributed by atoms with E-state index in [1.165, 1.54) is 0 Å². The summed E-state index contributed by atoms with van der Waals surface area (Å²) in [6.45, 7) is 2.79. The van der Waals surface area contributed by atoms with Gasteiger partial charge in [-0.1, -0.05) is 6.07 Å². The first-order valence-electron chi connectivity index (χ1n) is 10.7. The smallest absolute Gasteiger partial charge is 0.291 e. The minimum absolute atomic E-state index is 0.223. The Kier molecular flexibility index (Phi) is 5.52. The average Bonchev–Trinajstić information content (AvgIpc) is 3.20. The first-order valence-corrected chi connectivity index (χ1v) is 10.7. The normalized spacial score (nSPS) is 15.6. The summed E-state index contributed by atoms with van der Waals surface area (Å²) in [4.78, 5) is 29.3. The molecule has 168 valence electrons. The third-order valence-corrected chi connectivity index (χ3v) is 5.52. The van der Waals surface area contributed by atoms with Gasteiger partial charge >= 0.3 is 0 Å². The molecule has 0 saturated carbocycles. The van der Waals surface area contributed by atoms with Gasteiger partial charge in [0.2, 0.25) is 0 Å². The number of amides is 2. The molecule has 2 N–H and O–H groups in total. The number of nitrogens with zero attached hydrogens (tertiary/aromatic N) is 2. The van der Waals surface area contributed by atoms with E-state index >= 15 is 0 Å². The highest BCUT2D eigenvalue weighted by Gasteiger charge is 2.28. The number of rotatable bonds is 4. The third-order valence-electron chi connectivity index (χ3n) is 5.52. The average molecular weight is 446 g/mol. The van der Waals surface area contributed by atoms with Crippen molar-refractivity contribution in [3.8, 4) is 11.5 Å². The Morgan fingerprint density at radius 2 is 1.88 bits per heavy atom. The zero-order valence-corrected chi connectivity index (χ0v) is 18.0. The van der Waals surface area contributed by atoms with Gasteiger partial charge in [0.25, 0.3) is 11.8 Å². The number of benzene rings is 1. The van der Waals surface area contributed by atoms with Crippen LogP contribution in [0.5, 0.6) is 11.5 Å². The Bertz CT molecular complexity index is 1250. The summed E-state index contributed by atoms with van der Waals surface area (Å²) in [5, 5.41) is 7.18. The Balaban J connectivity index is 1.36. The van der Waals surface area contributed by atoms with E-state index in [1.807, 2.05) is 6.92 Å². The second-order valence-electron chi connectivity index (χ2n) is 7.73. The molecule has 2 amide bonds. The van der Waals surface area contributed by atoms with Gasteiger partial charge in [-0.3, -0.25) is 14.6 Å². The van der Waals surface area contributed by atoms with Crippen LogP contribution in [0.1, 0.15) is 50.8 Å². The summed E-state index contributed by atoms with van der Waals surface area (Å²) in [5.74, 6) is 1.39. The summed E-state index contributed by atoms with van der Waals surface area (Å²) in [5.41, 5.74) is 5.56. The molecule has 33 heavy (non-hydrogen) atoms. The molecule has 1 aromatic carbocycles. The van der Waals surface area contributed by atoms with Gasteiger partial charge in [-0.15, -0.1) is 0 Å². The van der Waals surface area contributed by atoms with Gasteiger partial charge in [0.05, 0.1) is 5.71 Å². The number of aromatic nitrogens is 1. The van der Waals surface area contributed by atoms with Crippen molar-refractivity contribution in [2.75, 3.05) is 18.5 Å². The quantitative estimate of drug-likeness (QED) is 0.593. The van der Waals surface area contributed by atoms with Gasteiger partial charge < -0.3 is 19.2 Å². The van der Waals surface area contributed by atoms with Gasteiger partial charge in [-0.25, -0.2) is 5.43 Å². The molecule has 1 aliphatic heterocycles. The summed E-state index contributed by atoms with van der Waals surface area (Å²) in [6.07, 6.45) is 3.72. The molecule has 2 aliphatic rings. The van der Waals surface area contributed by atoms with Crippen LogP contribution in [-0.4, -0.2) is 35.7 Å². The SMILES string of the molecule is Cc1c(C(=O)Nc2ccc3c(c2)OCCO3)oc2c1/C(=N/NC(=O)c1ccccn1)CCC2. The fourth-order valence-corrected chi connectivity index (χ4v) is 3.98.